The largest absolute Gasteiger partial charge is 0.481 e. The van der Waals surface area contributed by atoms with Gasteiger partial charge in [0.25, 0.3) is 0 Å². The monoisotopic (exact) mass is 249 g/mol. The quantitative estimate of drug-likeness (QED) is 0.755. The molecule has 1 aromatic carbocycles. The third-order valence-corrected chi connectivity index (χ3v) is 2.97. The number of carbonyl (C=O) groups is 2. The molecule has 4 nitrogen and oxygen atoms in total. The molecule has 4 heteroatoms. The number of nitrogens with two attached hydrogens (primary N) is 1. The van der Waals surface area contributed by atoms with Gasteiger partial charge in [-0.1, -0.05) is 37.6 Å². The number of carboxylic acids is 1. The minimum Gasteiger partial charge on any atom is -0.481 e. The van der Waals surface area contributed by atoms with Gasteiger partial charge in [-0.3, -0.25) is 9.59 Å². The molecular formula is C14H19NO3. The van der Waals surface area contributed by atoms with E-state index in [0.717, 1.165) is 12.8 Å². The summed E-state index contributed by atoms with van der Waals surface area (Å²) in [5.41, 5.74) is 7.73. The number of benzene rings is 1. The normalized spacial score (nSPS) is 13.9. The molecule has 0 aliphatic heterocycles. The summed E-state index contributed by atoms with van der Waals surface area (Å²) in [6.45, 7) is 3.35. The molecule has 1 rings (SSSR count). The van der Waals surface area contributed by atoms with E-state index in [-0.39, 0.29) is 0 Å². The van der Waals surface area contributed by atoms with E-state index in [0.29, 0.717) is 5.56 Å². The van der Waals surface area contributed by atoms with E-state index >= 15 is 0 Å². The molecule has 18 heavy (non-hydrogen) atoms. The van der Waals surface area contributed by atoms with Gasteiger partial charge in [0, 0.05) is 0 Å². The molecule has 0 amide bonds. The van der Waals surface area contributed by atoms with Crippen molar-refractivity contribution in [3.63, 3.8) is 0 Å². The molecule has 98 valence electrons. The standard InChI is InChI=1S/C14H19NO3/c1-3-4-10-5-7-11(8-6-10)13(15)12(9(2)16)14(17)18/h5-8,12-13H,3-4,15H2,1-2H3,(H,17,18). The highest BCUT2D eigenvalue weighted by Crippen LogP contribution is 2.21. The Morgan fingerprint density at radius 2 is 1.83 bits per heavy atom. The number of hydrogen-bond donors (Lipinski definition) is 2. The number of aliphatic carboxylic acids is 1. The van der Waals surface area contributed by atoms with Gasteiger partial charge in [-0.05, 0) is 24.5 Å². The summed E-state index contributed by atoms with van der Waals surface area (Å²) in [6.07, 6.45) is 2.03. The third kappa shape index (κ3) is 3.40. The second-order valence-electron chi connectivity index (χ2n) is 4.44. The Morgan fingerprint density at radius 3 is 2.22 bits per heavy atom. The fraction of sp³-hybridized carbons (Fsp3) is 0.429. The molecule has 0 fully saturated rings. The van der Waals surface area contributed by atoms with Crippen molar-refractivity contribution in [2.45, 2.75) is 32.7 Å². The molecule has 2 unspecified atom stereocenters. The van der Waals surface area contributed by atoms with E-state index in [4.69, 9.17) is 10.8 Å². The Morgan fingerprint density at radius 1 is 1.28 bits per heavy atom. The molecule has 0 saturated heterocycles. The van der Waals surface area contributed by atoms with Crippen molar-refractivity contribution in [3.8, 4) is 0 Å². The summed E-state index contributed by atoms with van der Waals surface area (Å²) < 4.78 is 0. The van der Waals surface area contributed by atoms with Crippen molar-refractivity contribution in [2.24, 2.45) is 11.7 Å². The van der Waals surface area contributed by atoms with Gasteiger partial charge in [0.2, 0.25) is 0 Å². The fourth-order valence-electron chi connectivity index (χ4n) is 1.97. The average molecular weight is 249 g/mol. The predicted octanol–water partition coefficient (Wildman–Crippen LogP) is 1.93. The molecule has 1 aromatic rings. The maximum absolute atomic E-state index is 11.3. The lowest BCUT2D eigenvalue weighted by molar-refractivity contribution is -0.146. The number of ketones is 1. The first-order valence-electron chi connectivity index (χ1n) is 6.05. The Labute approximate surface area is 107 Å². The number of aryl methyl sites for hydroxylation is 1. The molecule has 0 radical (unpaired) electrons. The highest BCUT2D eigenvalue weighted by molar-refractivity contribution is 5.97. The van der Waals surface area contributed by atoms with Crippen LogP contribution in [0.15, 0.2) is 24.3 Å². The first kappa shape index (κ1) is 14.4. The summed E-state index contributed by atoms with van der Waals surface area (Å²) in [4.78, 5) is 22.3. The molecule has 0 aromatic heterocycles. The van der Waals surface area contributed by atoms with Crippen LogP contribution < -0.4 is 5.73 Å². The first-order chi connectivity index (χ1) is 8.47. The summed E-state index contributed by atoms with van der Waals surface area (Å²) in [5, 5.41) is 9.01. The Hall–Kier alpha value is -1.68. The highest BCUT2D eigenvalue weighted by atomic mass is 16.4. The Bertz CT molecular complexity index is 411. The average Bonchev–Trinajstić information content (AvgIpc) is 2.29. The van der Waals surface area contributed by atoms with E-state index in [2.05, 4.69) is 6.92 Å². The molecule has 3 N–H and O–H groups in total. The summed E-state index contributed by atoms with van der Waals surface area (Å²) in [7, 11) is 0. The van der Waals surface area contributed by atoms with Crippen molar-refractivity contribution >= 4 is 11.8 Å². The minimum atomic E-state index is -1.18. The van der Waals surface area contributed by atoms with Gasteiger partial charge in [-0.15, -0.1) is 0 Å². The van der Waals surface area contributed by atoms with E-state index in [9.17, 15) is 9.59 Å². The lowest BCUT2D eigenvalue weighted by Crippen LogP contribution is -2.33. The van der Waals surface area contributed by atoms with Gasteiger partial charge < -0.3 is 10.8 Å². The van der Waals surface area contributed by atoms with Crippen LogP contribution >= 0.6 is 0 Å². The lowest BCUT2D eigenvalue weighted by Gasteiger charge is -2.18. The summed E-state index contributed by atoms with van der Waals surface area (Å²) in [5.74, 6) is -2.78. The van der Waals surface area contributed by atoms with E-state index < -0.39 is 23.7 Å². The van der Waals surface area contributed by atoms with Crippen LogP contribution in [0, 0.1) is 5.92 Å². The fourth-order valence-corrected chi connectivity index (χ4v) is 1.97. The number of Topliss-reactive ketones (excluding diaryl/α,β-unsaturated/α-hetero) is 1. The molecule has 0 saturated carbocycles. The van der Waals surface area contributed by atoms with Gasteiger partial charge >= 0.3 is 5.97 Å². The van der Waals surface area contributed by atoms with Crippen LogP contribution in [0.2, 0.25) is 0 Å². The van der Waals surface area contributed by atoms with Gasteiger partial charge in [0.05, 0.1) is 6.04 Å². The number of rotatable bonds is 6. The van der Waals surface area contributed by atoms with Crippen molar-refractivity contribution in [1.29, 1.82) is 0 Å². The van der Waals surface area contributed by atoms with Gasteiger partial charge in [0.1, 0.15) is 11.7 Å². The van der Waals surface area contributed by atoms with Crippen LogP contribution in [0.1, 0.15) is 37.4 Å². The number of carbonyl (C=O) groups excluding carboxylic acids is 1. The summed E-state index contributed by atoms with van der Waals surface area (Å²) in [6, 6.07) is 6.66. The van der Waals surface area contributed by atoms with E-state index in [1.807, 2.05) is 12.1 Å². The van der Waals surface area contributed by atoms with E-state index in [1.165, 1.54) is 12.5 Å². The smallest absolute Gasteiger partial charge is 0.315 e. The van der Waals surface area contributed by atoms with Gasteiger partial charge in [-0.25, -0.2) is 0 Å². The van der Waals surface area contributed by atoms with Crippen LogP contribution in [0.5, 0.6) is 0 Å². The molecular weight excluding hydrogens is 230 g/mol. The van der Waals surface area contributed by atoms with E-state index in [1.54, 1.807) is 12.1 Å². The highest BCUT2D eigenvalue weighted by Gasteiger charge is 2.30. The van der Waals surface area contributed by atoms with Crippen LogP contribution in [-0.4, -0.2) is 16.9 Å². The third-order valence-electron chi connectivity index (χ3n) is 2.97. The SMILES string of the molecule is CCCc1ccc(C(N)C(C(C)=O)C(=O)O)cc1. The number of carboxylic acid groups (broad SMARTS) is 1. The van der Waals surface area contributed by atoms with Crippen LogP contribution in [0.25, 0.3) is 0 Å². The second kappa shape index (κ2) is 6.31. The molecule has 0 aliphatic carbocycles. The zero-order valence-electron chi connectivity index (χ0n) is 10.7. The summed E-state index contributed by atoms with van der Waals surface area (Å²) >= 11 is 0. The Balaban J connectivity index is 2.91. The van der Waals surface area contributed by atoms with Gasteiger partial charge in [0.15, 0.2) is 0 Å². The first-order valence-corrected chi connectivity index (χ1v) is 6.05. The van der Waals surface area contributed by atoms with Crippen LogP contribution in [0.4, 0.5) is 0 Å². The van der Waals surface area contributed by atoms with Crippen molar-refractivity contribution < 1.29 is 14.7 Å². The predicted molar refractivity (Wildman–Crippen MR) is 69.2 cm³/mol. The maximum Gasteiger partial charge on any atom is 0.315 e. The minimum absolute atomic E-state index is 0.423. The number of hydrogen-bond acceptors (Lipinski definition) is 3. The molecule has 0 heterocycles. The van der Waals surface area contributed by atoms with Crippen molar-refractivity contribution in [2.75, 3.05) is 0 Å². The molecule has 0 bridgehead atoms. The molecule has 0 spiro atoms. The molecule has 0 aliphatic rings. The van der Waals surface area contributed by atoms with Crippen molar-refractivity contribution in [1.82, 2.24) is 0 Å². The second-order valence-corrected chi connectivity index (χ2v) is 4.44. The zero-order chi connectivity index (χ0) is 13.7. The topological polar surface area (TPSA) is 80.4 Å². The van der Waals surface area contributed by atoms with Crippen molar-refractivity contribution in [3.05, 3.63) is 35.4 Å². The van der Waals surface area contributed by atoms with Crippen LogP contribution in [0.3, 0.4) is 0 Å². The van der Waals surface area contributed by atoms with Crippen LogP contribution in [-0.2, 0) is 16.0 Å². The maximum atomic E-state index is 11.3. The Kier molecular flexibility index (Phi) is 5.04. The zero-order valence-corrected chi connectivity index (χ0v) is 10.7. The van der Waals surface area contributed by atoms with Gasteiger partial charge in [-0.2, -0.15) is 0 Å². The lowest BCUT2D eigenvalue weighted by atomic mass is 9.90. The molecule has 2 atom stereocenters.